The van der Waals surface area contributed by atoms with Crippen LogP contribution in [-0.4, -0.2) is 12.5 Å². The van der Waals surface area contributed by atoms with Crippen molar-refractivity contribution in [2.75, 3.05) is 17.2 Å². The fourth-order valence-electron chi connectivity index (χ4n) is 2.78. The van der Waals surface area contributed by atoms with Crippen molar-refractivity contribution in [2.45, 2.75) is 26.7 Å². The number of carbonyl (C=O) groups is 1. The van der Waals surface area contributed by atoms with Crippen molar-refractivity contribution in [1.82, 2.24) is 0 Å². The smallest absolute Gasteiger partial charge is 0.256 e. The van der Waals surface area contributed by atoms with Crippen LogP contribution < -0.4 is 10.6 Å². The third-order valence-electron chi connectivity index (χ3n) is 3.98. The quantitative estimate of drug-likeness (QED) is 0.865. The van der Waals surface area contributed by atoms with Crippen LogP contribution in [0, 0.1) is 13.8 Å². The molecule has 1 heterocycles. The molecule has 116 valence electrons. The Morgan fingerprint density at radius 1 is 1.18 bits per heavy atom. The summed E-state index contributed by atoms with van der Waals surface area (Å²) in [4.78, 5) is 12.6. The van der Waals surface area contributed by atoms with E-state index in [9.17, 15) is 4.79 Å². The summed E-state index contributed by atoms with van der Waals surface area (Å²) in [6, 6.07) is 12.0. The second-order valence-corrected chi connectivity index (χ2v) is 5.63. The van der Waals surface area contributed by atoms with Crippen molar-refractivity contribution in [3.05, 3.63) is 58.7 Å². The maximum Gasteiger partial charge on any atom is 0.256 e. The molecule has 0 unspecified atom stereocenters. The molecule has 3 nitrogen and oxygen atoms in total. The van der Waals surface area contributed by atoms with Crippen LogP contribution in [0.25, 0.3) is 0 Å². The highest BCUT2D eigenvalue weighted by Crippen LogP contribution is 2.26. The van der Waals surface area contributed by atoms with Gasteiger partial charge in [0.25, 0.3) is 5.91 Å². The average Bonchev–Trinajstić information content (AvgIpc) is 2.50. The number of amides is 1. The Hall–Kier alpha value is -2.00. The van der Waals surface area contributed by atoms with Gasteiger partial charge in [-0.05, 0) is 61.6 Å². The van der Waals surface area contributed by atoms with Gasteiger partial charge in [-0.25, -0.2) is 0 Å². The van der Waals surface area contributed by atoms with Gasteiger partial charge in [-0.3, -0.25) is 4.79 Å². The maximum absolute atomic E-state index is 12.6. The van der Waals surface area contributed by atoms with Crippen LogP contribution >= 0.6 is 12.4 Å². The first-order valence-corrected chi connectivity index (χ1v) is 7.39. The van der Waals surface area contributed by atoms with Crippen LogP contribution in [0.5, 0.6) is 0 Å². The van der Waals surface area contributed by atoms with E-state index >= 15 is 0 Å². The van der Waals surface area contributed by atoms with E-state index in [0.29, 0.717) is 0 Å². The van der Waals surface area contributed by atoms with Crippen molar-refractivity contribution in [3.8, 4) is 0 Å². The molecule has 3 rings (SSSR count). The van der Waals surface area contributed by atoms with Gasteiger partial charge in [0.05, 0.1) is 0 Å². The Morgan fingerprint density at radius 2 is 2.00 bits per heavy atom. The molecule has 1 aliphatic rings. The number of hydrogen-bond acceptors (Lipinski definition) is 2. The lowest BCUT2D eigenvalue weighted by Crippen LogP contribution is -2.19. The normalized spacial score (nSPS) is 12.6. The second-order valence-electron chi connectivity index (χ2n) is 5.63. The highest BCUT2D eigenvalue weighted by atomic mass is 35.5. The number of aryl methyl sites for hydroxylation is 2. The van der Waals surface area contributed by atoms with E-state index in [1.807, 2.05) is 44.2 Å². The standard InChI is InChI=1S/C18H20N2O.ClH/c1-12-8-9-13(2)17(11-12)20-18(21)15-5-3-7-16-14(15)6-4-10-19-16;/h3,5,7-9,11,19H,4,6,10H2,1-2H3,(H,20,21);1H. The van der Waals surface area contributed by atoms with Crippen molar-refractivity contribution in [2.24, 2.45) is 0 Å². The van der Waals surface area contributed by atoms with E-state index in [1.165, 1.54) is 0 Å². The predicted octanol–water partition coefficient (Wildman–Crippen LogP) is 4.34. The third kappa shape index (κ3) is 3.25. The maximum atomic E-state index is 12.6. The van der Waals surface area contributed by atoms with Gasteiger partial charge in [-0.15, -0.1) is 12.4 Å². The zero-order valence-electron chi connectivity index (χ0n) is 12.9. The molecule has 1 amide bonds. The Morgan fingerprint density at radius 3 is 2.82 bits per heavy atom. The minimum Gasteiger partial charge on any atom is -0.385 e. The summed E-state index contributed by atoms with van der Waals surface area (Å²) in [5.74, 6) is -0.0238. The van der Waals surface area contributed by atoms with Crippen LogP contribution in [-0.2, 0) is 6.42 Å². The Balaban J connectivity index is 0.00000176. The lowest BCUT2D eigenvalue weighted by atomic mass is 9.97. The van der Waals surface area contributed by atoms with Crippen LogP contribution in [0.15, 0.2) is 36.4 Å². The number of rotatable bonds is 2. The van der Waals surface area contributed by atoms with Crippen LogP contribution in [0.4, 0.5) is 11.4 Å². The lowest BCUT2D eigenvalue weighted by molar-refractivity contribution is 0.102. The minimum absolute atomic E-state index is 0. The highest BCUT2D eigenvalue weighted by molar-refractivity contribution is 6.06. The summed E-state index contributed by atoms with van der Waals surface area (Å²) in [6.07, 6.45) is 2.03. The van der Waals surface area contributed by atoms with Gasteiger partial charge in [0.2, 0.25) is 0 Å². The number of nitrogens with one attached hydrogen (secondary N) is 2. The molecule has 22 heavy (non-hydrogen) atoms. The number of anilines is 2. The summed E-state index contributed by atoms with van der Waals surface area (Å²) in [5, 5.41) is 6.41. The molecule has 0 fully saturated rings. The van der Waals surface area contributed by atoms with Crippen molar-refractivity contribution < 1.29 is 4.79 Å². The molecule has 1 aliphatic heterocycles. The number of hydrogen-bond donors (Lipinski definition) is 2. The topological polar surface area (TPSA) is 41.1 Å². The molecule has 0 atom stereocenters. The summed E-state index contributed by atoms with van der Waals surface area (Å²) < 4.78 is 0. The largest absolute Gasteiger partial charge is 0.385 e. The number of carbonyl (C=O) groups excluding carboxylic acids is 1. The number of fused-ring (bicyclic) bond motifs is 1. The van der Waals surface area contributed by atoms with Gasteiger partial charge >= 0.3 is 0 Å². The zero-order chi connectivity index (χ0) is 14.8. The predicted molar refractivity (Wildman–Crippen MR) is 94.4 cm³/mol. The summed E-state index contributed by atoms with van der Waals surface area (Å²) in [7, 11) is 0. The molecular weight excluding hydrogens is 296 g/mol. The van der Waals surface area contributed by atoms with Crippen LogP contribution in [0.3, 0.4) is 0 Å². The molecule has 2 aromatic carbocycles. The molecular formula is C18H21ClN2O. The molecule has 0 spiro atoms. The van der Waals surface area contributed by atoms with E-state index in [2.05, 4.69) is 16.7 Å². The summed E-state index contributed by atoms with van der Waals surface area (Å²) in [5.41, 5.74) is 6.12. The van der Waals surface area contributed by atoms with Crippen molar-refractivity contribution in [3.63, 3.8) is 0 Å². The van der Waals surface area contributed by atoms with Gasteiger partial charge < -0.3 is 10.6 Å². The van der Waals surface area contributed by atoms with Gasteiger partial charge in [-0.1, -0.05) is 18.2 Å². The monoisotopic (exact) mass is 316 g/mol. The minimum atomic E-state index is -0.0238. The first-order chi connectivity index (χ1) is 10.1. The van der Waals surface area contributed by atoms with Crippen molar-refractivity contribution in [1.29, 1.82) is 0 Å². The van der Waals surface area contributed by atoms with E-state index in [0.717, 1.165) is 53.0 Å². The SMILES string of the molecule is Cc1ccc(C)c(NC(=O)c2cccc3c2CCCN3)c1.Cl. The summed E-state index contributed by atoms with van der Waals surface area (Å²) in [6.45, 7) is 5.02. The van der Waals surface area contributed by atoms with E-state index in [4.69, 9.17) is 0 Å². The van der Waals surface area contributed by atoms with Gasteiger partial charge in [0.15, 0.2) is 0 Å². The lowest BCUT2D eigenvalue weighted by Gasteiger charge is -2.20. The molecule has 0 aromatic heterocycles. The van der Waals surface area contributed by atoms with E-state index in [-0.39, 0.29) is 18.3 Å². The molecule has 4 heteroatoms. The van der Waals surface area contributed by atoms with Gasteiger partial charge in [0.1, 0.15) is 0 Å². The van der Waals surface area contributed by atoms with Crippen LogP contribution in [0.1, 0.15) is 33.5 Å². The zero-order valence-corrected chi connectivity index (χ0v) is 13.7. The van der Waals surface area contributed by atoms with Crippen LogP contribution in [0.2, 0.25) is 0 Å². The fourth-order valence-corrected chi connectivity index (χ4v) is 2.78. The van der Waals surface area contributed by atoms with E-state index < -0.39 is 0 Å². The Bertz CT molecular complexity index is 697. The molecule has 0 radical (unpaired) electrons. The molecule has 0 aliphatic carbocycles. The van der Waals surface area contributed by atoms with Gasteiger partial charge in [0, 0.05) is 23.5 Å². The van der Waals surface area contributed by atoms with Crippen molar-refractivity contribution >= 4 is 29.7 Å². The molecule has 0 saturated carbocycles. The number of halogens is 1. The summed E-state index contributed by atoms with van der Waals surface area (Å²) >= 11 is 0. The highest BCUT2D eigenvalue weighted by Gasteiger charge is 2.17. The molecule has 0 bridgehead atoms. The fraction of sp³-hybridized carbons (Fsp3) is 0.278. The van der Waals surface area contributed by atoms with E-state index in [1.54, 1.807) is 0 Å². The molecule has 2 N–H and O–H groups in total. The molecule has 2 aromatic rings. The second kappa shape index (κ2) is 6.84. The Labute approximate surface area is 137 Å². The Kier molecular flexibility index (Phi) is 5.09. The van der Waals surface area contributed by atoms with Gasteiger partial charge in [-0.2, -0.15) is 0 Å². The third-order valence-corrected chi connectivity index (χ3v) is 3.98. The first-order valence-electron chi connectivity index (χ1n) is 7.39. The average molecular weight is 317 g/mol. The first kappa shape index (κ1) is 16.4. The number of benzene rings is 2. The molecule has 0 saturated heterocycles.